The Morgan fingerprint density at radius 3 is 1.48 bits per heavy atom. The molecule has 0 spiro atoms. The number of hydrogen-bond acceptors (Lipinski definition) is 2. The van der Waals surface area contributed by atoms with Crippen LogP contribution in [-0.2, 0) is 0 Å². The van der Waals surface area contributed by atoms with Crippen molar-refractivity contribution in [1.82, 2.24) is 0 Å². The molecule has 0 atom stereocenters. The zero-order valence-corrected chi connectivity index (χ0v) is 14.9. The Morgan fingerprint density at radius 1 is 0.481 bits per heavy atom. The predicted molar refractivity (Wildman–Crippen MR) is 113 cm³/mol. The largest absolute Gasteiger partial charge is 0.310 e. The molecule has 0 aliphatic rings. The zero-order chi connectivity index (χ0) is 18.5. The maximum Gasteiger partial charge on any atom is 0.0685 e. The van der Waals surface area contributed by atoms with Gasteiger partial charge in [-0.25, -0.2) is 0 Å². The fourth-order valence-corrected chi connectivity index (χ4v) is 3.17. The number of nitrogens with one attached hydrogen (secondary N) is 1. The van der Waals surface area contributed by atoms with Gasteiger partial charge in [-0.15, -0.1) is 0 Å². The van der Waals surface area contributed by atoms with E-state index in [1.165, 1.54) is 0 Å². The fraction of sp³-hybridized carbons (Fsp3) is 0. The smallest absolute Gasteiger partial charge is 0.0685 e. The SMILES string of the molecule is N=C(c1ccccc1)c1cccc(N(c2ccccc2)c2ccccc2)c1. The van der Waals surface area contributed by atoms with Crippen molar-refractivity contribution in [2.75, 3.05) is 4.90 Å². The van der Waals surface area contributed by atoms with Gasteiger partial charge in [-0.2, -0.15) is 0 Å². The van der Waals surface area contributed by atoms with E-state index in [1.807, 2.05) is 78.9 Å². The van der Waals surface area contributed by atoms with Gasteiger partial charge in [0.1, 0.15) is 0 Å². The second-order valence-corrected chi connectivity index (χ2v) is 6.30. The van der Waals surface area contributed by atoms with Crippen molar-refractivity contribution in [3.63, 3.8) is 0 Å². The lowest BCUT2D eigenvalue weighted by atomic mass is 10.0. The van der Waals surface area contributed by atoms with Gasteiger partial charge in [-0.1, -0.05) is 78.9 Å². The minimum atomic E-state index is 0.526. The molecule has 0 heterocycles. The molecule has 1 N–H and O–H groups in total. The first-order valence-corrected chi connectivity index (χ1v) is 8.97. The van der Waals surface area contributed by atoms with E-state index in [-0.39, 0.29) is 0 Å². The average molecular weight is 348 g/mol. The number of para-hydroxylation sites is 2. The van der Waals surface area contributed by atoms with E-state index < -0.39 is 0 Å². The molecule has 27 heavy (non-hydrogen) atoms. The highest BCUT2D eigenvalue weighted by Gasteiger charge is 2.13. The normalized spacial score (nSPS) is 10.4. The fourth-order valence-electron chi connectivity index (χ4n) is 3.17. The minimum Gasteiger partial charge on any atom is -0.310 e. The van der Waals surface area contributed by atoms with Crippen LogP contribution in [0.25, 0.3) is 0 Å². The maximum absolute atomic E-state index is 8.60. The summed E-state index contributed by atoms with van der Waals surface area (Å²) >= 11 is 0. The van der Waals surface area contributed by atoms with E-state index in [0.29, 0.717) is 5.71 Å². The Bertz CT molecular complexity index is 986. The monoisotopic (exact) mass is 348 g/mol. The lowest BCUT2D eigenvalue weighted by Crippen LogP contribution is -2.11. The van der Waals surface area contributed by atoms with Crippen molar-refractivity contribution in [1.29, 1.82) is 5.41 Å². The summed E-state index contributed by atoms with van der Waals surface area (Å²) in [5.74, 6) is 0. The number of benzene rings is 4. The Kier molecular flexibility index (Phi) is 4.80. The molecule has 0 aromatic heterocycles. The molecule has 130 valence electrons. The van der Waals surface area contributed by atoms with Gasteiger partial charge in [0.15, 0.2) is 0 Å². The summed E-state index contributed by atoms with van der Waals surface area (Å²) in [4.78, 5) is 2.21. The van der Waals surface area contributed by atoms with Crippen LogP contribution in [0.5, 0.6) is 0 Å². The molecule has 0 saturated heterocycles. The van der Waals surface area contributed by atoms with Crippen LogP contribution in [0, 0.1) is 5.41 Å². The van der Waals surface area contributed by atoms with Crippen molar-refractivity contribution < 1.29 is 0 Å². The second-order valence-electron chi connectivity index (χ2n) is 6.30. The Hall–Kier alpha value is -3.65. The van der Waals surface area contributed by atoms with E-state index in [2.05, 4.69) is 41.3 Å². The van der Waals surface area contributed by atoms with Crippen LogP contribution in [0.2, 0.25) is 0 Å². The summed E-state index contributed by atoms with van der Waals surface area (Å²) in [5.41, 5.74) is 5.56. The first-order chi connectivity index (χ1) is 13.3. The number of hydrogen-bond donors (Lipinski definition) is 1. The summed E-state index contributed by atoms with van der Waals surface area (Å²) in [7, 11) is 0. The molecule has 0 fully saturated rings. The van der Waals surface area contributed by atoms with E-state index in [1.54, 1.807) is 0 Å². The van der Waals surface area contributed by atoms with Gasteiger partial charge in [0.25, 0.3) is 0 Å². The summed E-state index contributed by atoms with van der Waals surface area (Å²) < 4.78 is 0. The molecule has 0 saturated carbocycles. The quantitative estimate of drug-likeness (QED) is 0.406. The van der Waals surface area contributed by atoms with Gasteiger partial charge < -0.3 is 4.90 Å². The molecule has 0 aliphatic carbocycles. The molecule has 0 unspecified atom stereocenters. The highest BCUT2D eigenvalue weighted by Crippen LogP contribution is 2.34. The highest BCUT2D eigenvalue weighted by molar-refractivity contribution is 6.11. The standard InChI is InChI=1S/C25H20N2/c26-25(20-11-4-1-5-12-20)21-13-10-18-24(19-21)27(22-14-6-2-7-15-22)23-16-8-3-9-17-23/h1-19,26H. The van der Waals surface area contributed by atoms with Crippen molar-refractivity contribution in [3.8, 4) is 0 Å². The molecular formula is C25H20N2. The van der Waals surface area contributed by atoms with E-state index in [4.69, 9.17) is 5.41 Å². The van der Waals surface area contributed by atoms with Gasteiger partial charge in [0.2, 0.25) is 0 Å². The molecule has 4 rings (SSSR count). The van der Waals surface area contributed by atoms with E-state index in [0.717, 1.165) is 28.2 Å². The average Bonchev–Trinajstić information content (AvgIpc) is 2.76. The van der Waals surface area contributed by atoms with Crippen molar-refractivity contribution in [2.45, 2.75) is 0 Å². The number of rotatable bonds is 5. The molecule has 0 radical (unpaired) electrons. The van der Waals surface area contributed by atoms with Crippen LogP contribution in [0.1, 0.15) is 11.1 Å². The van der Waals surface area contributed by atoms with E-state index in [9.17, 15) is 0 Å². The van der Waals surface area contributed by atoms with Gasteiger partial charge in [-0.3, -0.25) is 5.41 Å². The lowest BCUT2D eigenvalue weighted by Gasteiger charge is -2.26. The van der Waals surface area contributed by atoms with Crippen LogP contribution < -0.4 is 4.90 Å². The van der Waals surface area contributed by atoms with Crippen LogP contribution in [0.4, 0.5) is 17.1 Å². The molecule has 2 nitrogen and oxygen atoms in total. The number of nitrogens with zero attached hydrogens (tertiary/aromatic N) is 1. The van der Waals surface area contributed by atoms with Gasteiger partial charge in [-0.05, 0) is 42.0 Å². The third-order valence-electron chi connectivity index (χ3n) is 4.48. The molecule has 4 aromatic rings. The summed E-state index contributed by atoms with van der Waals surface area (Å²) in [6.45, 7) is 0. The van der Waals surface area contributed by atoms with Crippen LogP contribution in [0.15, 0.2) is 115 Å². The van der Waals surface area contributed by atoms with Crippen molar-refractivity contribution in [3.05, 3.63) is 126 Å². The first kappa shape index (κ1) is 16.8. The molecule has 0 bridgehead atoms. The Labute approximate surface area is 159 Å². The molecule has 0 aliphatic heterocycles. The third kappa shape index (κ3) is 3.65. The van der Waals surface area contributed by atoms with Crippen molar-refractivity contribution >= 4 is 22.8 Å². The second kappa shape index (κ2) is 7.71. The highest BCUT2D eigenvalue weighted by atomic mass is 15.1. The zero-order valence-electron chi connectivity index (χ0n) is 14.9. The van der Waals surface area contributed by atoms with Crippen LogP contribution in [-0.4, -0.2) is 5.71 Å². The van der Waals surface area contributed by atoms with Gasteiger partial charge in [0, 0.05) is 22.6 Å². The Balaban J connectivity index is 1.79. The summed E-state index contributed by atoms with van der Waals surface area (Å²) in [6, 6.07) is 38.6. The minimum absolute atomic E-state index is 0.526. The first-order valence-electron chi connectivity index (χ1n) is 8.97. The topological polar surface area (TPSA) is 27.1 Å². The van der Waals surface area contributed by atoms with Gasteiger partial charge in [0.05, 0.1) is 5.71 Å². The van der Waals surface area contributed by atoms with E-state index >= 15 is 0 Å². The molecule has 4 aromatic carbocycles. The van der Waals surface area contributed by atoms with Crippen LogP contribution in [0.3, 0.4) is 0 Å². The molecule has 2 heteroatoms. The third-order valence-corrected chi connectivity index (χ3v) is 4.48. The van der Waals surface area contributed by atoms with Crippen LogP contribution >= 0.6 is 0 Å². The maximum atomic E-state index is 8.60. The predicted octanol–water partition coefficient (Wildman–Crippen LogP) is 6.57. The summed E-state index contributed by atoms with van der Waals surface area (Å²) in [6.07, 6.45) is 0. The van der Waals surface area contributed by atoms with Gasteiger partial charge >= 0.3 is 0 Å². The summed E-state index contributed by atoms with van der Waals surface area (Å²) in [5, 5.41) is 8.60. The molecular weight excluding hydrogens is 328 g/mol. The lowest BCUT2D eigenvalue weighted by molar-refractivity contribution is 1.28. The number of anilines is 3. The van der Waals surface area contributed by atoms with Crippen molar-refractivity contribution in [2.24, 2.45) is 0 Å². The molecule has 0 amide bonds. The Morgan fingerprint density at radius 2 is 0.926 bits per heavy atom.